The Hall–Kier alpha value is -1.55. The van der Waals surface area contributed by atoms with Gasteiger partial charge in [-0.25, -0.2) is 0 Å². The number of piperidine rings is 1. The molecule has 19 heavy (non-hydrogen) atoms. The molecule has 1 atom stereocenters. The average Bonchev–Trinajstić information content (AvgIpc) is 2.40. The van der Waals surface area contributed by atoms with E-state index in [0.29, 0.717) is 12.0 Å². The van der Waals surface area contributed by atoms with Crippen LogP contribution < -0.4 is 11.1 Å². The first-order chi connectivity index (χ1) is 9.28. The van der Waals surface area contributed by atoms with Crippen LogP contribution >= 0.6 is 0 Å². The van der Waals surface area contributed by atoms with Crippen LogP contribution in [0.15, 0.2) is 35.3 Å². The third kappa shape index (κ3) is 4.56. The van der Waals surface area contributed by atoms with E-state index in [9.17, 15) is 0 Å². The maximum atomic E-state index is 5.83. The number of rotatable bonds is 4. The van der Waals surface area contributed by atoms with Gasteiger partial charge in [0.15, 0.2) is 5.96 Å². The van der Waals surface area contributed by atoms with Crippen molar-refractivity contribution in [1.29, 1.82) is 0 Å². The Morgan fingerprint density at radius 3 is 2.95 bits per heavy atom. The standard InChI is InChI=1S/C15H24N4/c1-2-17-15(16)18-14-9-6-10-19(12-14)11-13-7-4-3-5-8-13/h3-5,7-8,14H,2,6,9-12H2,1H3,(H3,16,17,18). The van der Waals surface area contributed by atoms with Crippen LogP contribution in [0.2, 0.25) is 0 Å². The molecule has 1 aromatic carbocycles. The van der Waals surface area contributed by atoms with Crippen LogP contribution in [0.5, 0.6) is 0 Å². The van der Waals surface area contributed by atoms with Crippen LogP contribution in [-0.4, -0.2) is 36.5 Å². The predicted molar refractivity (Wildman–Crippen MR) is 80.0 cm³/mol. The van der Waals surface area contributed by atoms with Crippen molar-refractivity contribution < 1.29 is 0 Å². The maximum absolute atomic E-state index is 5.83. The summed E-state index contributed by atoms with van der Waals surface area (Å²) in [6.07, 6.45) is 2.38. The van der Waals surface area contributed by atoms with E-state index in [1.807, 2.05) is 6.92 Å². The molecule has 0 amide bonds. The highest BCUT2D eigenvalue weighted by Crippen LogP contribution is 2.13. The summed E-state index contributed by atoms with van der Waals surface area (Å²) in [5.74, 6) is 0.578. The Balaban J connectivity index is 1.85. The summed E-state index contributed by atoms with van der Waals surface area (Å²) in [6.45, 7) is 5.95. The van der Waals surface area contributed by atoms with E-state index in [0.717, 1.165) is 26.2 Å². The second-order valence-corrected chi connectivity index (χ2v) is 5.06. The lowest BCUT2D eigenvalue weighted by Crippen LogP contribution is -2.49. The zero-order valence-electron chi connectivity index (χ0n) is 11.7. The molecule has 2 rings (SSSR count). The van der Waals surface area contributed by atoms with Gasteiger partial charge in [-0.1, -0.05) is 30.3 Å². The van der Waals surface area contributed by atoms with Crippen molar-refractivity contribution in [3.63, 3.8) is 0 Å². The summed E-state index contributed by atoms with van der Waals surface area (Å²) >= 11 is 0. The van der Waals surface area contributed by atoms with Gasteiger partial charge in [0, 0.05) is 25.7 Å². The van der Waals surface area contributed by atoms with Crippen molar-refractivity contribution in [3.8, 4) is 0 Å². The molecule has 0 bridgehead atoms. The summed E-state index contributed by atoms with van der Waals surface area (Å²) in [7, 11) is 0. The van der Waals surface area contributed by atoms with Crippen molar-refractivity contribution >= 4 is 5.96 Å². The van der Waals surface area contributed by atoms with Crippen molar-refractivity contribution in [1.82, 2.24) is 10.2 Å². The number of benzene rings is 1. The summed E-state index contributed by atoms with van der Waals surface area (Å²) in [5.41, 5.74) is 7.21. The monoisotopic (exact) mass is 260 g/mol. The number of likely N-dealkylation sites (tertiary alicyclic amines) is 1. The summed E-state index contributed by atoms with van der Waals surface area (Å²) in [4.78, 5) is 6.67. The van der Waals surface area contributed by atoms with Gasteiger partial charge in [0.2, 0.25) is 0 Å². The number of hydrogen-bond donors (Lipinski definition) is 2. The van der Waals surface area contributed by atoms with Crippen LogP contribution in [0.3, 0.4) is 0 Å². The van der Waals surface area contributed by atoms with Crippen LogP contribution in [0.25, 0.3) is 0 Å². The van der Waals surface area contributed by atoms with Crippen LogP contribution in [0, 0.1) is 0 Å². The number of nitrogens with zero attached hydrogens (tertiary/aromatic N) is 2. The Kier molecular flexibility index (Phi) is 5.21. The molecule has 0 saturated carbocycles. The zero-order valence-corrected chi connectivity index (χ0v) is 11.7. The lowest BCUT2D eigenvalue weighted by Gasteiger charge is -2.33. The summed E-state index contributed by atoms with van der Waals surface area (Å²) in [5, 5.41) is 3.32. The Morgan fingerprint density at radius 1 is 1.42 bits per heavy atom. The van der Waals surface area contributed by atoms with Gasteiger partial charge < -0.3 is 11.1 Å². The molecule has 4 nitrogen and oxygen atoms in total. The molecule has 0 radical (unpaired) electrons. The molecule has 4 heteroatoms. The van der Waals surface area contributed by atoms with Crippen LogP contribution in [-0.2, 0) is 6.54 Å². The van der Waals surface area contributed by atoms with Gasteiger partial charge in [0.25, 0.3) is 0 Å². The minimum atomic E-state index is 0.424. The molecule has 1 fully saturated rings. The van der Waals surface area contributed by atoms with E-state index in [4.69, 9.17) is 5.73 Å². The quantitative estimate of drug-likeness (QED) is 0.638. The van der Waals surface area contributed by atoms with E-state index in [1.54, 1.807) is 0 Å². The van der Waals surface area contributed by atoms with Crippen LogP contribution in [0.1, 0.15) is 25.3 Å². The predicted octanol–water partition coefficient (Wildman–Crippen LogP) is 1.58. The number of hydrogen-bond acceptors (Lipinski definition) is 2. The van der Waals surface area contributed by atoms with E-state index >= 15 is 0 Å². The molecule has 1 aromatic rings. The third-order valence-corrected chi connectivity index (χ3v) is 3.43. The van der Waals surface area contributed by atoms with E-state index in [1.165, 1.54) is 18.4 Å². The first-order valence-electron chi connectivity index (χ1n) is 7.10. The highest BCUT2D eigenvalue weighted by molar-refractivity contribution is 5.78. The maximum Gasteiger partial charge on any atom is 0.188 e. The molecule has 0 spiro atoms. The molecule has 0 aliphatic carbocycles. The van der Waals surface area contributed by atoms with Gasteiger partial charge in [0.1, 0.15) is 0 Å². The zero-order chi connectivity index (χ0) is 13.5. The molecule has 3 N–H and O–H groups in total. The molecule has 1 saturated heterocycles. The minimum Gasteiger partial charge on any atom is -0.370 e. The smallest absolute Gasteiger partial charge is 0.188 e. The lowest BCUT2D eigenvalue weighted by atomic mass is 10.0. The molecule has 1 aliphatic heterocycles. The average molecular weight is 260 g/mol. The highest BCUT2D eigenvalue weighted by Gasteiger charge is 2.19. The molecular weight excluding hydrogens is 236 g/mol. The van der Waals surface area contributed by atoms with Crippen molar-refractivity contribution in [2.24, 2.45) is 10.7 Å². The Bertz CT molecular complexity index is 402. The Morgan fingerprint density at radius 2 is 2.21 bits per heavy atom. The molecule has 1 heterocycles. The molecule has 104 valence electrons. The van der Waals surface area contributed by atoms with Gasteiger partial charge in [0.05, 0.1) is 0 Å². The van der Waals surface area contributed by atoms with Gasteiger partial charge in [-0.05, 0) is 31.9 Å². The lowest BCUT2D eigenvalue weighted by molar-refractivity contribution is 0.193. The molecule has 0 aromatic heterocycles. The summed E-state index contributed by atoms with van der Waals surface area (Å²) in [6, 6.07) is 11.1. The second-order valence-electron chi connectivity index (χ2n) is 5.06. The van der Waals surface area contributed by atoms with Gasteiger partial charge in [-0.2, -0.15) is 0 Å². The third-order valence-electron chi connectivity index (χ3n) is 3.43. The van der Waals surface area contributed by atoms with Crippen LogP contribution in [0.4, 0.5) is 0 Å². The Labute approximate surface area is 115 Å². The first kappa shape index (κ1) is 13.9. The van der Waals surface area contributed by atoms with Crippen molar-refractivity contribution in [2.45, 2.75) is 32.4 Å². The molecular formula is C15H24N4. The topological polar surface area (TPSA) is 53.6 Å². The molecule has 1 unspecified atom stereocenters. The number of nitrogens with two attached hydrogens (primary N) is 1. The number of guanidine groups is 1. The fraction of sp³-hybridized carbons (Fsp3) is 0.533. The SMILES string of the molecule is CCN=C(N)NC1CCCN(Cc2ccccc2)C1. The summed E-state index contributed by atoms with van der Waals surface area (Å²) < 4.78 is 0. The largest absolute Gasteiger partial charge is 0.370 e. The highest BCUT2D eigenvalue weighted by atomic mass is 15.2. The first-order valence-corrected chi connectivity index (χ1v) is 7.10. The number of aliphatic imine (C=N–C) groups is 1. The van der Waals surface area contributed by atoms with E-state index in [2.05, 4.69) is 45.5 Å². The second kappa shape index (κ2) is 7.14. The van der Waals surface area contributed by atoms with Gasteiger partial charge >= 0.3 is 0 Å². The van der Waals surface area contributed by atoms with E-state index in [-0.39, 0.29) is 0 Å². The fourth-order valence-corrected chi connectivity index (χ4v) is 2.58. The number of nitrogens with one attached hydrogen (secondary N) is 1. The van der Waals surface area contributed by atoms with Crippen molar-refractivity contribution in [3.05, 3.63) is 35.9 Å². The minimum absolute atomic E-state index is 0.424. The normalized spacial score (nSPS) is 21.3. The van der Waals surface area contributed by atoms with Gasteiger partial charge in [-0.3, -0.25) is 9.89 Å². The molecule has 1 aliphatic rings. The van der Waals surface area contributed by atoms with Crippen molar-refractivity contribution in [2.75, 3.05) is 19.6 Å². The fourth-order valence-electron chi connectivity index (χ4n) is 2.58. The van der Waals surface area contributed by atoms with Gasteiger partial charge in [-0.15, -0.1) is 0 Å². The van der Waals surface area contributed by atoms with E-state index < -0.39 is 0 Å².